The van der Waals surface area contributed by atoms with Crippen molar-refractivity contribution in [1.82, 2.24) is 9.78 Å². The fourth-order valence-corrected chi connectivity index (χ4v) is 2.27. The molecule has 2 heteroatoms. The second kappa shape index (κ2) is 4.65. The van der Waals surface area contributed by atoms with Gasteiger partial charge in [-0.2, -0.15) is 5.10 Å². The third-order valence-corrected chi connectivity index (χ3v) is 3.20. The van der Waals surface area contributed by atoms with Gasteiger partial charge in [-0.25, -0.2) is 4.68 Å². The van der Waals surface area contributed by atoms with Gasteiger partial charge in [0, 0.05) is 5.39 Å². The molecule has 3 rings (SSSR count). The summed E-state index contributed by atoms with van der Waals surface area (Å²) in [5, 5.41) is 5.63. The molecule has 0 bridgehead atoms. The predicted octanol–water partition coefficient (Wildman–Crippen LogP) is 3.98. The Kier molecular flexibility index (Phi) is 2.85. The van der Waals surface area contributed by atoms with Crippen molar-refractivity contribution in [2.75, 3.05) is 0 Å². The van der Waals surface area contributed by atoms with Gasteiger partial charge in [-0.1, -0.05) is 43.7 Å². The topological polar surface area (TPSA) is 17.8 Å². The number of hydrogen-bond donors (Lipinski definition) is 0. The summed E-state index contributed by atoms with van der Waals surface area (Å²) < 4.78 is 1.99. The molecular formula is C16H16N2. The molecule has 0 saturated carbocycles. The third-order valence-electron chi connectivity index (χ3n) is 3.20. The minimum absolute atomic E-state index is 1.12. The van der Waals surface area contributed by atoms with E-state index in [0.717, 1.165) is 17.6 Å². The summed E-state index contributed by atoms with van der Waals surface area (Å²) in [6.45, 7) is 2.20. The molecule has 2 aromatic carbocycles. The van der Waals surface area contributed by atoms with E-state index in [1.165, 1.54) is 17.4 Å². The van der Waals surface area contributed by atoms with Gasteiger partial charge in [-0.15, -0.1) is 0 Å². The van der Waals surface area contributed by atoms with E-state index in [9.17, 15) is 0 Å². The number of benzene rings is 2. The quantitative estimate of drug-likeness (QED) is 0.672. The average Bonchev–Trinajstić information content (AvgIpc) is 2.84. The number of rotatable bonds is 3. The molecule has 0 aliphatic carbocycles. The SMILES string of the molecule is CCCc1ccc(-n2ncc3ccccc32)cc1. The molecule has 0 atom stereocenters. The van der Waals surface area contributed by atoms with Crippen LogP contribution in [0.3, 0.4) is 0 Å². The van der Waals surface area contributed by atoms with E-state index in [1.807, 2.05) is 23.0 Å². The van der Waals surface area contributed by atoms with E-state index >= 15 is 0 Å². The maximum absolute atomic E-state index is 4.46. The molecule has 0 aliphatic heterocycles. The van der Waals surface area contributed by atoms with Gasteiger partial charge in [0.05, 0.1) is 17.4 Å². The van der Waals surface area contributed by atoms with Gasteiger partial charge in [0.2, 0.25) is 0 Å². The number of fused-ring (bicyclic) bond motifs is 1. The van der Waals surface area contributed by atoms with Crippen LogP contribution in [0.25, 0.3) is 16.6 Å². The van der Waals surface area contributed by atoms with E-state index in [0.29, 0.717) is 0 Å². The van der Waals surface area contributed by atoms with Crippen LogP contribution < -0.4 is 0 Å². The highest BCUT2D eigenvalue weighted by molar-refractivity contribution is 5.80. The smallest absolute Gasteiger partial charge is 0.0741 e. The highest BCUT2D eigenvalue weighted by atomic mass is 15.3. The normalized spacial score (nSPS) is 10.9. The lowest BCUT2D eigenvalue weighted by Gasteiger charge is -2.05. The minimum atomic E-state index is 1.12. The highest BCUT2D eigenvalue weighted by Crippen LogP contribution is 2.18. The lowest BCUT2D eigenvalue weighted by Crippen LogP contribution is -1.96. The maximum atomic E-state index is 4.46. The molecule has 1 heterocycles. The molecule has 0 fully saturated rings. The number of nitrogens with zero attached hydrogens (tertiary/aromatic N) is 2. The Bertz CT molecular complexity index is 650. The van der Waals surface area contributed by atoms with Gasteiger partial charge in [-0.3, -0.25) is 0 Å². The van der Waals surface area contributed by atoms with Crippen molar-refractivity contribution < 1.29 is 0 Å². The molecule has 0 unspecified atom stereocenters. The van der Waals surface area contributed by atoms with Crippen LogP contribution in [0, 0.1) is 0 Å². The zero-order chi connectivity index (χ0) is 12.4. The lowest BCUT2D eigenvalue weighted by molar-refractivity contribution is 0.898. The van der Waals surface area contributed by atoms with Crippen LogP contribution in [-0.2, 0) is 6.42 Å². The number of hydrogen-bond acceptors (Lipinski definition) is 1. The van der Waals surface area contributed by atoms with E-state index in [4.69, 9.17) is 0 Å². The zero-order valence-corrected chi connectivity index (χ0v) is 10.5. The molecule has 90 valence electrons. The number of aromatic nitrogens is 2. The second-order valence-electron chi connectivity index (χ2n) is 4.53. The van der Waals surface area contributed by atoms with Gasteiger partial charge in [0.25, 0.3) is 0 Å². The lowest BCUT2D eigenvalue weighted by atomic mass is 10.1. The van der Waals surface area contributed by atoms with Crippen molar-refractivity contribution in [3.05, 3.63) is 60.3 Å². The van der Waals surface area contributed by atoms with Crippen LogP contribution in [0.15, 0.2) is 54.7 Å². The van der Waals surface area contributed by atoms with E-state index < -0.39 is 0 Å². The molecular weight excluding hydrogens is 220 g/mol. The van der Waals surface area contributed by atoms with Gasteiger partial charge >= 0.3 is 0 Å². The van der Waals surface area contributed by atoms with E-state index in [1.54, 1.807) is 0 Å². The number of aryl methyl sites for hydroxylation is 1. The Morgan fingerprint density at radius 1 is 1.00 bits per heavy atom. The highest BCUT2D eigenvalue weighted by Gasteiger charge is 2.03. The van der Waals surface area contributed by atoms with Gasteiger partial charge in [0.1, 0.15) is 0 Å². The molecule has 0 amide bonds. The van der Waals surface area contributed by atoms with Crippen molar-refractivity contribution in [3.8, 4) is 5.69 Å². The van der Waals surface area contributed by atoms with Crippen molar-refractivity contribution in [2.24, 2.45) is 0 Å². The van der Waals surface area contributed by atoms with Crippen LogP contribution >= 0.6 is 0 Å². The molecule has 0 saturated heterocycles. The molecule has 0 spiro atoms. The van der Waals surface area contributed by atoms with Crippen molar-refractivity contribution >= 4 is 10.9 Å². The third kappa shape index (κ3) is 1.90. The fraction of sp³-hybridized carbons (Fsp3) is 0.188. The Labute approximate surface area is 107 Å². The van der Waals surface area contributed by atoms with Crippen LogP contribution in [0.4, 0.5) is 0 Å². The Hall–Kier alpha value is -2.09. The summed E-state index contributed by atoms with van der Waals surface area (Å²) in [5.74, 6) is 0. The first kappa shape index (κ1) is 11.0. The Balaban J connectivity index is 2.03. The standard InChI is InChI=1S/C16H16N2/c1-2-5-13-8-10-15(11-9-13)18-16-7-4-3-6-14(16)12-17-18/h3-4,6-12H,2,5H2,1H3. The monoisotopic (exact) mass is 236 g/mol. The molecule has 1 aromatic heterocycles. The minimum Gasteiger partial charge on any atom is -0.233 e. The fourth-order valence-electron chi connectivity index (χ4n) is 2.27. The van der Waals surface area contributed by atoms with Gasteiger partial charge in [-0.05, 0) is 30.2 Å². The zero-order valence-electron chi connectivity index (χ0n) is 10.5. The van der Waals surface area contributed by atoms with Crippen molar-refractivity contribution in [1.29, 1.82) is 0 Å². The maximum Gasteiger partial charge on any atom is 0.0741 e. The first-order chi connectivity index (χ1) is 8.88. The average molecular weight is 236 g/mol. The molecule has 0 aliphatic rings. The summed E-state index contributed by atoms with van der Waals surface area (Å²) in [7, 11) is 0. The van der Waals surface area contributed by atoms with Crippen LogP contribution in [0.2, 0.25) is 0 Å². The van der Waals surface area contributed by atoms with Crippen molar-refractivity contribution in [3.63, 3.8) is 0 Å². The van der Waals surface area contributed by atoms with Crippen LogP contribution in [0.5, 0.6) is 0 Å². The Morgan fingerprint density at radius 2 is 1.78 bits per heavy atom. The first-order valence-electron chi connectivity index (χ1n) is 6.40. The summed E-state index contributed by atoms with van der Waals surface area (Å²) in [6.07, 6.45) is 4.24. The van der Waals surface area contributed by atoms with Gasteiger partial charge in [0.15, 0.2) is 0 Å². The van der Waals surface area contributed by atoms with E-state index in [2.05, 4.69) is 48.4 Å². The first-order valence-corrected chi connectivity index (χ1v) is 6.40. The van der Waals surface area contributed by atoms with Crippen LogP contribution in [0.1, 0.15) is 18.9 Å². The largest absolute Gasteiger partial charge is 0.233 e. The Morgan fingerprint density at radius 3 is 2.56 bits per heavy atom. The summed E-state index contributed by atoms with van der Waals surface area (Å²) in [6, 6.07) is 16.9. The molecule has 3 aromatic rings. The molecule has 0 N–H and O–H groups in total. The van der Waals surface area contributed by atoms with Gasteiger partial charge < -0.3 is 0 Å². The number of para-hydroxylation sites is 1. The van der Waals surface area contributed by atoms with Crippen molar-refractivity contribution in [2.45, 2.75) is 19.8 Å². The molecule has 18 heavy (non-hydrogen) atoms. The summed E-state index contributed by atoms with van der Waals surface area (Å²) in [5.41, 5.74) is 3.66. The molecule has 2 nitrogen and oxygen atoms in total. The second-order valence-corrected chi connectivity index (χ2v) is 4.53. The molecule has 0 radical (unpaired) electrons. The van der Waals surface area contributed by atoms with Crippen LogP contribution in [-0.4, -0.2) is 9.78 Å². The summed E-state index contributed by atoms with van der Waals surface area (Å²) in [4.78, 5) is 0. The van der Waals surface area contributed by atoms with E-state index in [-0.39, 0.29) is 0 Å². The summed E-state index contributed by atoms with van der Waals surface area (Å²) >= 11 is 0. The predicted molar refractivity (Wildman–Crippen MR) is 75.1 cm³/mol.